The molecule has 4 aromatic rings. The molecule has 1 aliphatic heterocycles. The van der Waals surface area contributed by atoms with Gasteiger partial charge in [-0.3, -0.25) is 0 Å². The average Bonchev–Trinajstić information content (AvgIpc) is 3.26. The summed E-state index contributed by atoms with van der Waals surface area (Å²) in [7, 11) is 0. The van der Waals surface area contributed by atoms with Crippen LogP contribution >= 0.6 is 0 Å². The zero-order chi connectivity index (χ0) is 22.1. The lowest BCUT2D eigenvalue weighted by molar-refractivity contribution is 0.122. The molecule has 1 fully saturated rings. The van der Waals surface area contributed by atoms with Gasteiger partial charge in [0.2, 0.25) is 11.8 Å². The number of halogens is 1. The fraction of sp³-hybridized carbons (Fsp3) is 0.304. The molecule has 9 heteroatoms. The molecular weight excluding hydrogens is 411 g/mol. The number of aryl methyl sites for hydroxylation is 1. The largest absolute Gasteiger partial charge is 0.378 e. The van der Waals surface area contributed by atoms with E-state index in [1.807, 2.05) is 25.1 Å². The monoisotopic (exact) mass is 434 g/mol. The summed E-state index contributed by atoms with van der Waals surface area (Å²) in [6, 6.07) is 12.1. The zero-order valence-electron chi connectivity index (χ0n) is 17.9. The summed E-state index contributed by atoms with van der Waals surface area (Å²) in [4.78, 5) is 16.1. The summed E-state index contributed by atoms with van der Waals surface area (Å²) >= 11 is 0. The van der Waals surface area contributed by atoms with Crippen LogP contribution < -0.4 is 10.2 Å². The second-order valence-corrected chi connectivity index (χ2v) is 7.76. The second-order valence-electron chi connectivity index (χ2n) is 7.76. The van der Waals surface area contributed by atoms with Crippen molar-refractivity contribution in [2.75, 3.05) is 36.5 Å². The van der Waals surface area contributed by atoms with Crippen molar-refractivity contribution < 1.29 is 13.7 Å². The Morgan fingerprint density at radius 2 is 1.75 bits per heavy atom. The van der Waals surface area contributed by atoms with E-state index >= 15 is 0 Å². The molecule has 0 spiro atoms. The highest BCUT2D eigenvalue weighted by Gasteiger charge is 2.20. The molecule has 0 saturated carbocycles. The van der Waals surface area contributed by atoms with Gasteiger partial charge in [0.25, 0.3) is 0 Å². The molecule has 1 unspecified atom stereocenters. The van der Waals surface area contributed by atoms with Crippen molar-refractivity contribution in [2.24, 2.45) is 0 Å². The molecule has 0 amide bonds. The van der Waals surface area contributed by atoms with Gasteiger partial charge in [0.15, 0.2) is 5.82 Å². The minimum absolute atomic E-state index is 0.249. The molecule has 2 aromatic heterocycles. The molecule has 0 aliphatic carbocycles. The first-order valence-corrected chi connectivity index (χ1v) is 10.5. The first kappa shape index (κ1) is 20.3. The summed E-state index contributed by atoms with van der Waals surface area (Å²) in [5.41, 5.74) is 2.67. The maximum atomic E-state index is 13.4. The zero-order valence-corrected chi connectivity index (χ0v) is 17.9. The van der Waals surface area contributed by atoms with Crippen LogP contribution in [0.1, 0.15) is 24.7 Å². The molecule has 1 atom stereocenters. The highest BCUT2D eigenvalue weighted by molar-refractivity contribution is 5.93. The van der Waals surface area contributed by atoms with Crippen LogP contribution in [0.5, 0.6) is 0 Å². The number of hydrogen-bond donors (Lipinski definition) is 1. The predicted octanol–water partition coefficient (Wildman–Crippen LogP) is 4.14. The minimum Gasteiger partial charge on any atom is -0.378 e. The van der Waals surface area contributed by atoms with Gasteiger partial charge in [0.1, 0.15) is 17.7 Å². The molecule has 1 N–H and O–H groups in total. The van der Waals surface area contributed by atoms with E-state index in [0.29, 0.717) is 36.7 Å². The molecule has 3 heterocycles. The Bertz CT molecular complexity index is 1240. The van der Waals surface area contributed by atoms with Crippen molar-refractivity contribution in [1.82, 2.24) is 20.1 Å². The van der Waals surface area contributed by atoms with Gasteiger partial charge in [-0.15, -0.1) is 0 Å². The number of nitrogens with zero attached hydrogens (tertiary/aromatic N) is 5. The van der Waals surface area contributed by atoms with Gasteiger partial charge >= 0.3 is 0 Å². The van der Waals surface area contributed by atoms with Gasteiger partial charge in [0.05, 0.1) is 18.7 Å². The van der Waals surface area contributed by atoms with E-state index in [2.05, 4.69) is 20.4 Å². The van der Waals surface area contributed by atoms with E-state index < -0.39 is 0 Å². The van der Waals surface area contributed by atoms with E-state index in [4.69, 9.17) is 19.2 Å². The molecule has 8 nitrogen and oxygen atoms in total. The van der Waals surface area contributed by atoms with Crippen LogP contribution in [-0.2, 0) is 4.74 Å². The molecule has 0 radical (unpaired) electrons. The van der Waals surface area contributed by atoms with Crippen LogP contribution in [-0.4, -0.2) is 46.4 Å². The van der Waals surface area contributed by atoms with Crippen molar-refractivity contribution >= 4 is 22.7 Å². The molecule has 0 bridgehead atoms. The van der Waals surface area contributed by atoms with Gasteiger partial charge in [-0.1, -0.05) is 23.4 Å². The Balaban J connectivity index is 1.58. The third-order valence-corrected chi connectivity index (χ3v) is 5.42. The van der Waals surface area contributed by atoms with Crippen LogP contribution in [0.3, 0.4) is 0 Å². The SMILES string of the molecule is Cc1noc(C(C)Nc2nc(N3CCOCC3)nc3ccc(-c4ccc(F)cc4)cc23)n1. The van der Waals surface area contributed by atoms with Crippen molar-refractivity contribution in [2.45, 2.75) is 19.9 Å². The smallest absolute Gasteiger partial charge is 0.248 e. The van der Waals surface area contributed by atoms with Crippen molar-refractivity contribution in [3.05, 3.63) is 60.0 Å². The fourth-order valence-electron chi connectivity index (χ4n) is 3.71. The summed E-state index contributed by atoms with van der Waals surface area (Å²) in [5.74, 6) is 2.11. The third-order valence-electron chi connectivity index (χ3n) is 5.42. The van der Waals surface area contributed by atoms with Crippen LogP contribution in [0.2, 0.25) is 0 Å². The third kappa shape index (κ3) is 4.11. The number of benzene rings is 2. The Labute approximate surface area is 184 Å². The van der Waals surface area contributed by atoms with Crippen LogP contribution in [0.25, 0.3) is 22.0 Å². The van der Waals surface area contributed by atoms with E-state index in [0.717, 1.165) is 35.1 Å². The number of anilines is 2. The first-order valence-electron chi connectivity index (χ1n) is 10.5. The number of aromatic nitrogens is 4. The Hall–Kier alpha value is -3.59. The van der Waals surface area contributed by atoms with Crippen LogP contribution in [0.4, 0.5) is 16.2 Å². The predicted molar refractivity (Wildman–Crippen MR) is 119 cm³/mol. The Morgan fingerprint density at radius 1 is 1.00 bits per heavy atom. The number of hydrogen-bond acceptors (Lipinski definition) is 8. The van der Waals surface area contributed by atoms with E-state index in [-0.39, 0.29) is 11.9 Å². The lowest BCUT2D eigenvalue weighted by Crippen LogP contribution is -2.37. The van der Waals surface area contributed by atoms with Crippen molar-refractivity contribution in [1.29, 1.82) is 0 Å². The number of ether oxygens (including phenoxy) is 1. The van der Waals surface area contributed by atoms with Gasteiger partial charge in [-0.2, -0.15) is 9.97 Å². The molecule has 32 heavy (non-hydrogen) atoms. The first-order chi connectivity index (χ1) is 15.6. The van der Waals surface area contributed by atoms with E-state index in [9.17, 15) is 4.39 Å². The van der Waals surface area contributed by atoms with Gasteiger partial charge in [-0.25, -0.2) is 9.37 Å². The van der Waals surface area contributed by atoms with Crippen LogP contribution in [0, 0.1) is 12.7 Å². The molecule has 1 saturated heterocycles. The summed E-state index contributed by atoms with van der Waals surface area (Å²) in [6.45, 7) is 6.48. The van der Waals surface area contributed by atoms with Crippen molar-refractivity contribution in [3.8, 4) is 11.1 Å². The van der Waals surface area contributed by atoms with Gasteiger partial charge in [-0.05, 0) is 49.2 Å². The lowest BCUT2D eigenvalue weighted by atomic mass is 10.0. The number of fused-ring (bicyclic) bond motifs is 1. The number of nitrogens with one attached hydrogen (secondary N) is 1. The van der Waals surface area contributed by atoms with Gasteiger partial charge in [0, 0.05) is 18.5 Å². The Kier molecular flexibility index (Phi) is 5.40. The lowest BCUT2D eigenvalue weighted by Gasteiger charge is -2.27. The standard InChI is InChI=1S/C23H23FN6O2/c1-14(22-26-15(2)29-32-22)25-21-19-13-17(16-3-6-18(24)7-4-16)5-8-20(19)27-23(28-21)30-9-11-31-12-10-30/h3-8,13-14H,9-12H2,1-2H3,(H,25,27,28). The Morgan fingerprint density at radius 3 is 2.47 bits per heavy atom. The quantitative estimate of drug-likeness (QED) is 0.501. The minimum atomic E-state index is -0.265. The van der Waals surface area contributed by atoms with Crippen molar-refractivity contribution in [3.63, 3.8) is 0 Å². The molecule has 5 rings (SSSR count). The van der Waals surface area contributed by atoms with E-state index in [1.165, 1.54) is 12.1 Å². The van der Waals surface area contributed by atoms with Crippen LogP contribution in [0.15, 0.2) is 47.0 Å². The average molecular weight is 434 g/mol. The molecule has 1 aliphatic rings. The number of morpholine rings is 1. The fourth-order valence-corrected chi connectivity index (χ4v) is 3.71. The normalized spacial score (nSPS) is 15.2. The summed E-state index contributed by atoms with van der Waals surface area (Å²) in [5, 5.41) is 8.15. The second kappa shape index (κ2) is 8.51. The molecule has 2 aromatic carbocycles. The molecular formula is C23H23FN6O2. The maximum absolute atomic E-state index is 13.4. The van der Waals surface area contributed by atoms with E-state index in [1.54, 1.807) is 19.1 Å². The molecule has 164 valence electrons. The topological polar surface area (TPSA) is 89.2 Å². The maximum Gasteiger partial charge on any atom is 0.248 e. The summed E-state index contributed by atoms with van der Waals surface area (Å²) < 4.78 is 24.2. The highest BCUT2D eigenvalue weighted by Crippen LogP contribution is 2.31. The highest BCUT2D eigenvalue weighted by atomic mass is 19.1. The summed E-state index contributed by atoms with van der Waals surface area (Å²) in [6.07, 6.45) is 0. The van der Waals surface area contributed by atoms with Gasteiger partial charge < -0.3 is 19.5 Å². The number of rotatable bonds is 5.